The van der Waals surface area contributed by atoms with Crippen LogP contribution in [-0.2, 0) is 6.42 Å². The molecule has 2 atom stereocenters. The molecule has 2 unspecified atom stereocenters. The zero-order valence-corrected chi connectivity index (χ0v) is 12.1. The van der Waals surface area contributed by atoms with E-state index >= 15 is 0 Å². The molecule has 1 heterocycles. The second kappa shape index (κ2) is 6.17. The van der Waals surface area contributed by atoms with Crippen molar-refractivity contribution in [2.45, 2.75) is 32.2 Å². The topological polar surface area (TPSA) is 51.0 Å². The molecule has 102 valence electrons. The molecule has 5 heteroatoms. The molecule has 1 aromatic carbocycles. The highest BCUT2D eigenvalue weighted by molar-refractivity contribution is 6.30. The zero-order chi connectivity index (χ0) is 13.8. The highest BCUT2D eigenvalue weighted by Crippen LogP contribution is 2.18. The molecule has 0 saturated heterocycles. The van der Waals surface area contributed by atoms with Gasteiger partial charge in [-0.15, -0.1) is 0 Å². The van der Waals surface area contributed by atoms with E-state index in [1.165, 1.54) is 0 Å². The lowest BCUT2D eigenvalue weighted by atomic mass is 10.0. The molecule has 2 rings (SSSR count). The van der Waals surface area contributed by atoms with E-state index in [2.05, 4.69) is 29.3 Å². The van der Waals surface area contributed by atoms with E-state index in [4.69, 9.17) is 16.1 Å². The quantitative estimate of drug-likeness (QED) is 0.914. The average molecular weight is 280 g/mol. The van der Waals surface area contributed by atoms with Gasteiger partial charge in [0.15, 0.2) is 5.82 Å². The molecule has 0 spiro atoms. The number of nitrogens with one attached hydrogen (secondary N) is 1. The smallest absolute Gasteiger partial charge is 0.231 e. The number of hydrogen-bond donors (Lipinski definition) is 1. The van der Waals surface area contributed by atoms with Gasteiger partial charge in [0.25, 0.3) is 0 Å². The summed E-state index contributed by atoms with van der Waals surface area (Å²) in [5.41, 5.74) is 1.08. The molecule has 0 aliphatic carbocycles. The fourth-order valence-corrected chi connectivity index (χ4v) is 2.03. The minimum absolute atomic E-state index is 0.186. The Hall–Kier alpha value is -1.39. The minimum atomic E-state index is 0.186. The van der Waals surface area contributed by atoms with Crippen LogP contribution < -0.4 is 5.32 Å². The molecule has 4 nitrogen and oxygen atoms in total. The van der Waals surface area contributed by atoms with Crippen LogP contribution in [-0.4, -0.2) is 23.2 Å². The van der Waals surface area contributed by atoms with Gasteiger partial charge in [0.1, 0.15) is 0 Å². The van der Waals surface area contributed by atoms with Crippen LogP contribution in [0.15, 0.2) is 28.8 Å². The first-order valence-electron chi connectivity index (χ1n) is 6.34. The van der Waals surface area contributed by atoms with Crippen molar-refractivity contribution in [3.63, 3.8) is 0 Å². The van der Waals surface area contributed by atoms with Crippen molar-refractivity contribution in [3.8, 4) is 0 Å². The largest absolute Gasteiger partial charge is 0.339 e. The van der Waals surface area contributed by atoms with E-state index in [0.29, 0.717) is 24.2 Å². The molecule has 0 aliphatic rings. The molecule has 19 heavy (non-hydrogen) atoms. The summed E-state index contributed by atoms with van der Waals surface area (Å²) < 4.78 is 5.32. The Balaban J connectivity index is 2.09. The SMILES string of the molecule is CNC(C)C(C)c1nc(Cc2cccc(Cl)c2)no1. The first-order valence-corrected chi connectivity index (χ1v) is 6.72. The van der Waals surface area contributed by atoms with Crippen LogP contribution in [0.3, 0.4) is 0 Å². The van der Waals surface area contributed by atoms with Gasteiger partial charge in [0, 0.05) is 17.5 Å². The Morgan fingerprint density at radius 1 is 1.37 bits per heavy atom. The fraction of sp³-hybridized carbons (Fsp3) is 0.429. The van der Waals surface area contributed by atoms with Gasteiger partial charge in [-0.25, -0.2) is 0 Å². The van der Waals surface area contributed by atoms with Gasteiger partial charge in [0.2, 0.25) is 5.89 Å². The highest BCUT2D eigenvalue weighted by atomic mass is 35.5. The Bertz CT molecular complexity index is 541. The highest BCUT2D eigenvalue weighted by Gasteiger charge is 2.19. The van der Waals surface area contributed by atoms with E-state index in [9.17, 15) is 0 Å². The van der Waals surface area contributed by atoms with Crippen LogP contribution in [0.5, 0.6) is 0 Å². The summed E-state index contributed by atoms with van der Waals surface area (Å²) >= 11 is 5.95. The van der Waals surface area contributed by atoms with Crippen LogP contribution in [0.25, 0.3) is 0 Å². The Morgan fingerprint density at radius 3 is 2.84 bits per heavy atom. The third kappa shape index (κ3) is 3.55. The summed E-state index contributed by atoms with van der Waals surface area (Å²) in [6.07, 6.45) is 0.630. The first-order chi connectivity index (χ1) is 9.10. The predicted molar refractivity (Wildman–Crippen MR) is 75.5 cm³/mol. The van der Waals surface area contributed by atoms with Gasteiger partial charge >= 0.3 is 0 Å². The van der Waals surface area contributed by atoms with E-state index in [0.717, 1.165) is 10.6 Å². The molecular weight excluding hydrogens is 262 g/mol. The lowest BCUT2D eigenvalue weighted by Gasteiger charge is -2.14. The van der Waals surface area contributed by atoms with Crippen LogP contribution in [0.1, 0.15) is 37.0 Å². The van der Waals surface area contributed by atoms with Gasteiger partial charge in [0.05, 0.1) is 5.92 Å². The van der Waals surface area contributed by atoms with E-state index in [-0.39, 0.29) is 5.92 Å². The molecular formula is C14H18ClN3O. The molecule has 0 radical (unpaired) electrons. The maximum absolute atomic E-state index is 5.95. The second-order valence-corrected chi connectivity index (χ2v) is 5.16. The molecule has 1 aromatic heterocycles. The number of benzene rings is 1. The summed E-state index contributed by atoms with van der Waals surface area (Å²) in [6.45, 7) is 4.16. The molecule has 0 saturated carbocycles. The van der Waals surface area contributed by atoms with Crippen molar-refractivity contribution in [1.82, 2.24) is 15.5 Å². The normalized spacial score (nSPS) is 14.3. The van der Waals surface area contributed by atoms with Crippen molar-refractivity contribution in [2.24, 2.45) is 0 Å². The molecule has 0 bridgehead atoms. The predicted octanol–water partition coefficient (Wildman–Crippen LogP) is 3.03. The maximum Gasteiger partial charge on any atom is 0.231 e. The van der Waals surface area contributed by atoms with Crippen molar-refractivity contribution in [2.75, 3.05) is 7.05 Å². The van der Waals surface area contributed by atoms with Crippen molar-refractivity contribution < 1.29 is 4.52 Å². The average Bonchev–Trinajstić information content (AvgIpc) is 2.85. The Kier molecular flexibility index (Phi) is 4.56. The van der Waals surface area contributed by atoms with Gasteiger partial charge in [-0.1, -0.05) is 35.8 Å². The van der Waals surface area contributed by atoms with Crippen molar-refractivity contribution in [1.29, 1.82) is 0 Å². The minimum Gasteiger partial charge on any atom is -0.339 e. The van der Waals surface area contributed by atoms with Crippen LogP contribution in [0, 0.1) is 0 Å². The number of hydrogen-bond acceptors (Lipinski definition) is 4. The summed E-state index contributed by atoms with van der Waals surface area (Å²) in [4.78, 5) is 4.44. The van der Waals surface area contributed by atoms with Gasteiger partial charge in [-0.05, 0) is 31.7 Å². The maximum atomic E-state index is 5.95. The van der Waals surface area contributed by atoms with E-state index in [1.807, 2.05) is 31.3 Å². The van der Waals surface area contributed by atoms with Crippen molar-refractivity contribution >= 4 is 11.6 Å². The fourth-order valence-electron chi connectivity index (χ4n) is 1.82. The van der Waals surface area contributed by atoms with Gasteiger partial charge in [-0.2, -0.15) is 4.98 Å². The summed E-state index contributed by atoms with van der Waals surface area (Å²) in [5.74, 6) is 1.54. The van der Waals surface area contributed by atoms with Gasteiger partial charge < -0.3 is 9.84 Å². The Morgan fingerprint density at radius 2 is 2.16 bits per heavy atom. The standard InChI is InChI=1S/C14H18ClN3O/c1-9(10(2)16-3)14-17-13(18-19-14)8-11-5-4-6-12(15)7-11/h4-7,9-10,16H,8H2,1-3H3. The Labute approximate surface area is 118 Å². The van der Waals surface area contributed by atoms with E-state index < -0.39 is 0 Å². The second-order valence-electron chi connectivity index (χ2n) is 4.72. The molecule has 1 N–H and O–H groups in total. The van der Waals surface area contributed by atoms with Crippen LogP contribution in [0.4, 0.5) is 0 Å². The van der Waals surface area contributed by atoms with Crippen LogP contribution in [0.2, 0.25) is 5.02 Å². The lowest BCUT2D eigenvalue weighted by molar-refractivity contribution is 0.333. The number of aromatic nitrogens is 2. The zero-order valence-electron chi connectivity index (χ0n) is 11.4. The number of halogens is 1. The molecule has 0 aliphatic heterocycles. The molecule has 2 aromatic rings. The third-order valence-electron chi connectivity index (χ3n) is 3.33. The van der Waals surface area contributed by atoms with Crippen LogP contribution >= 0.6 is 11.6 Å². The number of nitrogens with zero attached hydrogens (tertiary/aromatic N) is 2. The molecule has 0 amide bonds. The monoisotopic (exact) mass is 279 g/mol. The number of likely N-dealkylation sites (N-methyl/N-ethyl adjacent to an activating group) is 1. The van der Waals surface area contributed by atoms with Crippen molar-refractivity contribution in [3.05, 3.63) is 46.6 Å². The van der Waals surface area contributed by atoms with Gasteiger partial charge in [-0.3, -0.25) is 0 Å². The third-order valence-corrected chi connectivity index (χ3v) is 3.57. The summed E-state index contributed by atoms with van der Waals surface area (Å²) in [6, 6.07) is 7.98. The lowest BCUT2D eigenvalue weighted by Crippen LogP contribution is -2.27. The summed E-state index contributed by atoms with van der Waals surface area (Å²) in [7, 11) is 1.92. The molecule has 0 fully saturated rings. The first kappa shape index (κ1) is 14.0. The van der Waals surface area contributed by atoms with E-state index in [1.54, 1.807) is 0 Å². The number of rotatable bonds is 5. The summed E-state index contributed by atoms with van der Waals surface area (Å²) in [5, 5.41) is 7.93.